The Morgan fingerprint density at radius 3 is 2.52 bits per heavy atom. The van der Waals surface area contributed by atoms with Crippen molar-refractivity contribution < 1.29 is 19.2 Å². The molecule has 7 heteroatoms. The van der Waals surface area contributed by atoms with Crippen LogP contribution in [-0.4, -0.2) is 40.0 Å². The molecular weight excluding hydrogens is 394 g/mol. The highest BCUT2D eigenvalue weighted by Gasteiger charge is 2.41. The third-order valence-electron chi connectivity index (χ3n) is 7.47. The first-order valence-corrected chi connectivity index (χ1v) is 11.5. The summed E-state index contributed by atoms with van der Waals surface area (Å²) in [6.45, 7) is 0.362. The zero-order valence-corrected chi connectivity index (χ0v) is 17.7. The summed E-state index contributed by atoms with van der Waals surface area (Å²) in [4.78, 5) is 50.5. The van der Waals surface area contributed by atoms with Crippen molar-refractivity contribution >= 4 is 29.2 Å². The number of carbonyl (C=O) groups is 4. The lowest BCUT2D eigenvalue weighted by atomic mass is 9.77. The van der Waals surface area contributed by atoms with Crippen LogP contribution in [0.15, 0.2) is 18.2 Å². The van der Waals surface area contributed by atoms with Crippen LogP contribution >= 0.6 is 0 Å². The molecule has 2 heterocycles. The third-order valence-corrected chi connectivity index (χ3v) is 7.47. The molecule has 5 rings (SSSR count). The number of imide groups is 1. The molecule has 2 aliphatic carbocycles. The largest absolute Gasteiger partial charge is 0.379 e. The van der Waals surface area contributed by atoms with Crippen molar-refractivity contribution in [1.82, 2.24) is 10.2 Å². The van der Waals surface area contributed by atoms with E-state index in [2.05, 4.69) is 10.6 Å². The number of ketones is 1. The van der Waals surface area contributed by atoms with E-state index in [0.717, 1.165) is 36.4 Å². The van der Waals surface area contributed by atoms with E-state index in [1.54, 1.807) is 4.90 Å². The van der Waals surface area contributed by atoms with Gasteiger partial charge in [-0.1, -0.05) is 18.9 Å². The number of amides is 3. The van der Waals surface area contributed by atoms with Crippen molar-refractivity contribution in [2.75, 3.05) is 5.32 Å². The van der Waals surface area contributed by atoms with E-state index in [4.69, 9.17) is 0 Å². The summed E-state index contributed by atoms with van der Waals surface area (Å²) in [5, 5.41) is 6.13. The van der Waals surface area contributed by atoms with E-state index in [-0.39, 0.29) is 23.8 Å². The number of anilines is 1. The number of nitrogens with one attached hydrogen (secondary N) is 2. The minimum Gasteiger partial charge on any atom is -0.379 e. The first kappa shape index (κ1) is 20.2. The van der Waals surface area contributed by atoms with E-state index in [9.17, 15) is 19.2 Å². The number of rotatable bonds is 6. The molecule has 4 aliphatic rings. The van der Waals surface area contributed by atoms with E-state index in [1.807, 2.05) is 18.2 Å². The summed E-state index contributed by atoms with van der Waals surface area (Å²) < 4.78 is 0. The summed E-state index contributed by atoms with van der Waals surface area (Å²) in [6, 6.07) is 5.10. The van der Waals surface area contributed by atoms with Crippen LogP contribution in [-0.2, 0) is 20.9 Å². The second-order valence-electron chi connectivity index (χ2n) is 9.66. The Labute approximate surface area is 181 Å². The summed E-state index contributed by atoms with van der Waals surface area (Å²) in [7, 11) is 0. The SMILES string of the molecule is O=C1CCC(CCC2CC2)(Nc2cccc3c2CN(C2CCC(=O)NC2=O)C3=O)CC1. The fourth-order valence-corrected chi connectivity index (χ4v) is 5.32. The standard InChI is InChI=1S/C24H29N3O4/c28-16-9-12-24(13-10-16,11-8-15-4-5-15)26-19-3-1-2-17-18(19)14-27(23(17)31)20-6-7-21(29)25-22(20)30/h1-3,15,20,26H,4-14H2,(H,25,29,30). The van der Waals surface area contributed by atoms with Gasteiger partial charge in [0.2, 0.25) is 11.8 Å². The van der Waals surface area contributed by atoms with Gasteiger partial charge in [0.05, 0.1) is 0 Å². The van der Waals surface area contributed by atoms with E-state index in [1.165, 1.54) is 19.3 Å². The van der Waals surface area contributed by atoms with Gasteiger partial charge in [-0.3, -0.25) is 24.5 Å². The van der Waals surface area contributed by atoms with Crippen molar-refractivity contribution in [1.29, 1.82) is 0 Å². The molecule has 1 unspecified atom stereocenters. The van der Waals surface area contributed by atoms with Gasteiger partial charge in [-0.25, -0.2) is 0 Å². The quantitative estimate of drug-likeness (QED) is 0.686. The number of hydrogen-bond donors (Lipinski definition) is 2. The number of hydrogen-bond acceptors (Lipinski definition) is 5. The smallest absolute Gasteiger partial charge is 0.255 e. The second kappa shape index (κ2) is 7.77. The van der Waals surface area contributed by atoms with Crippen LogP contribution in [0.5, 0.6) is 0 Å². The summed E-state index contributed by atoms with van der Waals surface area (Å²) >= 11 is 0. The Hall–Kier alpha value is -2.70. The van der Waals surface area contributed by atoms with E-state index in [0.29, 0.717) is 37.2 Å². The molecule has 2 aliphatic heterocycles. The highest BCUT2D eigenvalue weighted by molar-refractivity contribution is 6.06. The second-order valence-corrected chi connectivity index (χ2v) is 9.66. The topological polar surface area (TPSA) is 95.6 Å². The van der Waals surface area contributed by atoms with E-state index < -0.39 is 11.9 Å². The van der Waals surface area contributed by atoms with Crippen molar-refractivity contribution in [3.63, 3.8) is 0 Å². The molecule has 2 saturated carbocycles. The Balaban J connectivity index is 1.38. The molecule has 0 bridgehead atoms. The fraction of sp³-hybridized carbons (Fsp3) is 0.583. The monoisotopic (exact) mass is 423 g/mol. The Morgan fingerprint density at radius 1 is 1.03 bits per heavy atom. The normalized spacial score (nSPS) is 25.4. The fourth-order valence-electron chi connectivity index (χ4n) is 5.32. The van der Waals surface area contributed by atoms with Crippen LogP contribution in [0.3, 0.4) is 0 Å². The van der Waals surface area contributed by atoms with Gasteiger partial charge in [-0.2, -0.15) is 0 Å². The predicted octanol–water partition coefficient (Wildman–Crippen LogP) is 2.93. The molecule has 7 nitrogen and oxygen atoms in total. The number of benzene rings is 1. The van der Waals surface area contributed by atoms with Gasteiger partial charge in [0, 0.05) is 48.2 Å². The Kier molecular flexibility index (Phi) is 5.07. The van der Waals surface area contributed by atoms with Gasteiger partial charge in [0.25, 0.3) is 5.91 Å². The first-order valence-electron chi connectivity index (χ1n) is 11.5. The summed E-state index contributed by atoms with van der Waals surface area (Å²) in [5.41, 5.74) is 2.36. The number of fused-ring (bicyclic) bond motifs is 1. The molecule has 1 atom stereocenters. The molecule has 3 fully saturated rings. The third kappa shape index (κ3) is 3.98. The minimum atomic E-state index is -0.610. The van der Waals surface area contributed by atoms with Gasteiger partial charge >= 0.3 is 0 Å². The molecule has 0 radical (unpaired) electrons. The average Bonchev–Trinajstić information content (AvgIpc) is 3.52. The molecule has 0 spiro atoms. The zero-order valence-electron chi connectivity index (χ0n) is 17.7. The highest BCUT2D eigenvalue weighted by Crippen LogP contribution is 2.42. The molecule has 3 amide bonds. The number of carbonyl (C=O) groups excluding carboxylic acids is 4. The van der Waals surface area contributed by atoms with Crippen molar-refractivity contribution in [2.24, 2.45) is 5.92 Å². The van der Waals surface area contributed by atoms with Gasteiger partial charge in [0.1, 0.15) is 11.8 Å². The van der Waals surface area contributed by atoms with Gasteiger partial charge < -0.3 is 10.2 Å². The molecular formula is C24H29N3O4. The average molecular weight is 424 g/mol. The molecule has 0 aromatic heterocycles. The zero-order chi connectivity index (χ0) is 21.6. The summed E-state index contributed by atoms with van der Waals surface area (Å²) in [5.74, 6) is 0.332. The number of piperidine rings is 1. The van der Waals surface area contributed by atoms with E-state index >= 15 is 0 Å². The lowest BCUT2D eigenvalue weighted by Gasteiger charge is -2.39. The molecule has 1 aromatic rings. The molecule has 31 heavy (non-hydrogen) atoms. The molecule has 1 aromatic carbocycles. The van der Waals surface area contributed by atoms with Crippen LogP contribution in [0.4, 0.5) is 5.69 Å². The van der Waals surface area contributed by atoms with Crippen LogP contribution < -0.4 is 10.6 Å². The minimum absolute atomic E-state index is 0.114. The maximum Gasteiger partial charge on any atom is 0.255 e. The number of nitrogens with zero attached hydrogens (tertiary/aromatic N) is 1. The van der Waals surface area contributed by atoms with Gasteiger partial charge in [0.15, 0.2) is 0 Å². The maximum absolute atomic E-state index is 13.1. The molecule has 164 valence electrons. The van der Waals surface area contributed by atoms with Crippen molar-refractivity contribution in [2.45, 2.75) is 82.3 Å². The molecule has 2 N–H and O–H groups in total. The Bertz CT molecular complexity index is 942. The summed E-state index contributed by atoms with van der Waals surface area (Å²) in [6.07, 6.45) is 8.32. The van der Waals surface area contributed by atoms with Gasteiger partial charge in [-0.15, -0.1) is 0 Å². The van der Waals surface area contributed by atoms with Crippen LogP contribution in [0.2, 0.25) is 0 Å². The lowest BCUT2D eigenvalue weighted by molar-refractivity contribution is -0.137. The van der Waals surface area contributed by atoms with Gasteiger partial charge in [-0.05, 0) is 50.2 Å². The maximum atomic E-state index is 13.1. The molecule has 1 saturated heterocycles. The first-order chi connectivity index (χ1) is 14.9. The predicted molar refractivity (Wildman–Crippen MR) is 114 cm³/mol. The van der Waals surface area contributed by atoms with Crippen LogP contribution in [0.25, 0.3) is 0 Å². The Morgan fingerprint density at radius 2 is 1.81 bits per heavy atom. The van der Waals surface area contributed by atoms with Crippen LogP contribution in [0.1, 0.15) is 80.1 Å². The van der Waals surface area contributed by atoms with Crippen molar-refractivity contribution in [3.05, 3.63) is 29.3 Å². The van der Waals surface area contributed by atoms with Crippen LogP contribution in [0, 0.1) is 5.92 Å². The lowest BCUT2D eigenvalue weighted by Crippen LogP contribution is -2.52. The van der Waals surface area contributed by atoms with Crippen molar-refractivity contribution in [3.8, 4) is 0 Å². The number of Topliss-reactive ketones (excluding diaryl/α,β-unsaturated/α-hetero) is 1. The highest BCUT2D eigenvalue weighted by atomic mass is 16.2.